The lowest BCUT2D eigenvalue weighted by Crippen LogP contribution is -2.45. The highest BCUT2D eigenvalue weighted by Gasteiger charge is 2.23. The maximum atomic E-state index is 5.81. The van der Waals surface area contributed by atoms with Crippen LogP contribution in [-0.2, 0) is 0 Å². The molecular weight excluding hydrogens is 290 g/mol. The summed E-state index contributed by atoms with van der Waals surface area (Å²) < 4.78 is 6.88. The Morgan fingerprint density at radius 2 is 2.00 bits per heavy atom. The topological polar surface area (TPSA) is 12.5 Å². The molecule has 0 spiro atoms. The van der Waals surface area contributed by atoms with Gasteiger partial charge >= 0.3 is 0 Å². The highest BCUT2D eigenvalue weighted by atomic mass is 79.9. The summed E-state index contributed by atoms with van der Waals surface area (Å²) in [4.78, 5) is 2.57. The number of nitrogens with zero attached hydrogens (tertiary/aromatic N) is 1. The van der Waals surface area contributed by atoms with E-state index in [1.54, 1.807) is 0 Å². The first-order valence-corrected chi connectivity index (χ1v) is 7.60. The van der Waals surface area contributed by atoms with Crippen LogP contribution in [0.25, 0.3) is 0 Å². The number of benzene rings is 1. The summed E-state index contributed by atoms with van der Waals surface area (Å²) >= 11 is 3.46. The molecule has 2 atom stereocenters. The summed E-state index contributed by atoms with van der Waals surface area (Å²) in [7, 11) is 0. The Bertz CT molecular complexity index is 373. The van der Waals surface area contributed by atoms with Crippen molar-refractivity contribution in [2.24, 2.45) is 0 Å². The van der Waals surface area contributed by atoms with Crippen molar-refractivity contribution in [2.75, 3.05) is 13.2 Å². The minimum atomic E-state index is 0.694. The number of piperidine rings is 1. The molecule has 3 heteroatoms. The molecule has 0 saturated carbocycles. The first-order valence-electron chi connectivity index (χ1n) is 6.81. The van der Waals surface area contributed by atoms with Crippen molar-refractivity contribution >= 4 is 15.9 Å². The SMILES string of the molecule is CC1CCCC(C)N1CCOc1cccc(Br)c1. The average Bonchev–Trinajstić information content (AvgIpc) is 2.33. The number of likely N-dealkylation sites (tertiary alicyclic amines) is 1. The number of halogens is 1. The summed E-state index contributed by atoms with van der Waals surface area (Å²) in [5.74, 6) is 0.946. The van der Waals surface area contributed by atoms with Crippen LogP contribution in [0.2, 0.25) is 0 Å². The van der Waals surface area contributed by atoms with Gasteiger partial charge in [-0.15, -0.1) is 0 Å². The molecule has 2 rings (SSSR count). The van der Waals surface area contributed by atoms with Crippen LogP contribution in [-0.4, -0.2) is 30.1 Å². The minimum absolute atomic E-state index is 0.694. The highest BCUT2D eigenvalue weighted by molar-refractivity contribution is 9.10. The zero-order valence-corrected chi connectivity index (χ0v) is 12.8. The zero-order chi connectivity index (χ0) is 13.0. The molecule has 0 aliphatic carbocycles. The molecule has 0 N–H and O–H groups in total. The predicted molar refractivity (Wildman–Crippen MR) is 79.1 cm³/mol. The van der Waals surface area contributed by atoms with Crippen LogP contribution in [0.15, 0.2) is 28.7 Å². The van der Waals surface area contributed by atoms with Crippen molar-refractivity contribution in [1.82, 2.24) is 4.90 Å². The first-order chi connectivity index (χ1) is 8.66. The molecule has 0 bridgehead atoms. The number of rotatable bonds is 4. The molecule has 2 nitrogen and oxygen atoms in total. The van der Waals surface area contributed by atoms with Gasteiger partial charge in [0.25, 0.3) is 0 Å². The van der Waals surface area contributed by atoms with E-state index in [2.05, 4.69) is 34.7 Å². The Labute approximate surface area is 118 Å². The van der Waals surface area contributed by atoms with Crippen LogP contribution in [0, 0.1) is 0 Å². The lowest BCUT2D eigenvalue weighted by atomic mass is 9.98. The van der Waals surface area contributed by atoms with Gasteiger partial charge in [0.05, 0.1) is 0 Å². The minimum Gasteiger partial charge on any atom is -0.492 e. The van der Waals surface area contributed by atoms with E-state index in [1.807, 2.05) is 24.3 Å². The smallest absolute Gasteiger partial charge is 0.120 e. The van der Waals surface area contributed by atoms with Gasteiger partial charge in [-0.05, 0) is 44.9 Å². The molecule has 1 aliphatic rings. The molecule has 1 fully saturated rings. The fourth-order valence-corrected chi connectivity index (χ4v) is 3.12. The van der Waals surface area contributed by atoms with Crippen molar-refractivity contribution in [3.63, 3.8) is 0 Å². The third kappa shape index (κ3) is 3.72. The third-order valence-corrected chi connectivity index (χ3v) is 4.28. The van der Waals surface area contributed by atoms with Crippen LogP contribution in [0.3, 0.4) is 0 Å². The summed E-state index contributed by atoms with van der Waals surface area (Å²) in [6, 6.07) is 9.43. The molecule has 1 heterocycles. The lowest BCUT2D eigenvalue weighted by molar-refractivity contribution is 0.0851. The summed E-state index contributed by atoms with van der Waals surface area (Å²) in [5, 5.41) is 0. The molecule has 18 heavy (non-hydrogen) atoms. The predicted octanol–water partition coefficient (Wildman–Crippen LogP) is 4.09. The summed E-state index contributed by atoms with van der Waals surface area (Å²) in [5.41, 5.74) is 0. The number of hydrogen-bond donors (Lipinski definition) is 0. The summed E-state index contributed by atoms with van der Waals surface area (Å²) in [6.45, 7) is 6.45. The Kier molecular flexibility index (Phi) is 5.07. The van der Waals surface area contributed by atoms with E-state index in [0.717, 1.165) is 23.4 Å². The lowest BCUT2D eigenvalue weighted by Gasteiger charge is -2.38. The first kappa shape index (κ1) is 13.9. The van der Waals surface area contributed by atoms with Crippen molar-refractivity contribution in [3.8, 4) is 5.75 Å². The second kappa shape index (κ2) is 6.58. The van der Waals surface area contributed by atoms with E-state index in [9.17, 15) is 0 Å². The summed E-state index contributed by atoms with van der Waals surface area (Å²) in [6.07, 6.45) is 4.01. The molecule has 0 radical (unpaired) electrons. The molecule has 0 amide bonds. The van der Waals surface area contributed by atoms with Crippen LogP contribution < -0.4 is 4.74 Å². The van der Waals surface area contributed by atoms with Crippen molar-refractivity contribution in [3.05, 3.63) is 28.7 Å². The third-order valence-electron chi connectivity index (χ3n) is 3.79. The van der Waals surface area contributed by atoms with Gasteiger partial charge in [0.1, 0.15) is 12.4 Å². The van der Waals surface area contributed by atoms with Gasteiger partial charge in [0.15, 0.2) is 0 Å². The fourth-order valence-electron chi connectivity index (χ4n) is 2.74. The quantitative estimate of drug-likeness (QED) is 0.830. The normalized spacial score (nSPS) is 25.1. The molecule has 1 aliphatic heterocycles. The van der Waals surface area contributed by atoms with E-state index >= 15 is 0 Å². The van der Waals surface area contributed by atoms with E-state index in [0.29, 0.717) is 12.1 Å². The Balaban J connectivity index is 1.81. The van der Waals surface area contributed by atoms with Gasteiger partial charge in [0.2, 0.25) is 0 Å². The second-order valence-electron chi connectivity index (χ2n) is 5.17. The van der Waals surface area contributed by atoms with Gasteiger partial charge in [0, 0.05) is 23.1 Å². The number of ether oxygens (including phenoxy) is 1. The maximum absolute atomic E-state index is 5.81. The van der Waals surface area contributed by atoms with Crippen LogP contribution in [0.1, 0.15) is 33.1 Å². The van der Waals surface area contributed by atoms with E-state index in [1.165, 1.54) is 19.3 Å². The van der Waals surface area contributed by atoms with Crippen LogP contribution in [0.4, 0.5) is 0 Å². The van der Waals surface area contributed by atoms with Crippen molar-refractivity contribution < 1.29 is 4.74 Å². The average molecular weight is 312 g/mol. The van der Waals surface area contributed by atoms with Gasteiger partial charge in [-0.1, -0.05) is 28.4 Å². The van der Waals surface area contributed by atoms with Gasteiger partial charge < -0.3 is 4.74 Å². The maximum Gasteiger partial charge on any atom is 0.120 e. The number of hydrogen-bond acceptors (Lipinski definition) is 2. The molecule has 2 unspecified atom stereocenters. The van der Waals surface area contributed by atoms with E-state index in [-0.39, 0.29) is 0 Å². The van der Waals surface area contributed by atoms with Gasteiger partial charge in [-0.3, -0.25) is 4.90 Å². The van der Waals surface area contributed by atoms with Crippen LogP contribution in [0.5, 0.6) is 5.75 Å². The molecule has 0 aromatic heterocycles. The Hall–Kier alpha value is -0.540. The Morgan fingerprint density at radius 3 is 2.67 bits per heavy atom. The highest BCUT2D eigenvalue weighted by Crippen LogP contribution is 2.22. The van der Waals surface area contributed by atoms with Gasteiger partial charge in [-0.2, -0.15) is 0 Å². The second-order valence-corrected chi connectivity index (χ2v) is 6.09. The van der Waals surface area contributed by atoms with Gasteiger partial charge in [-0.25, -0.2) is 0 Å². The van der Waals surface area contributed by atoms with Crippen LogP contribution >= 0.6 is 15.9 Å². The van der Waals surface area contributed by atoms with Crippen molar-refractivity contribution in [2.45, 2.75) is 45.2 Å². The molecular formula is C15H22BrNO. The standard InChI is InChI=1S/C15H22BrNO/c1-12-5-3-6-13(2)17(12)9-10-18-15-8-4-7-14(16)11-15/h4,7-8,11-13H,3,5-6,9-10H2,1-2H3. The van der Waals surface area contributed by atoms with Crippen molar-refractivity contribution in [1.29, 1.82) is 0 Å². The molecule has 1 aromatic carbocycles. The zero-order valence-electron chi connectivity index (χ0n) is 11.2. The monoisotopic (exact) mass is 311 g/mol. The largest absolute Gasteiger partial charge is 0.492 e. The molecule has 100 valence electrons. The Morgan fingerprint density at radius 1 is 1.28 bits per heavy atom. The van der Waals surface area contributed by atoms with E-state index < -0.39 is 0 Å². The molecule has 1 saturated heterocycles. The van der Waals surface area contributed by atoms with E-state index in [4.69, 9.17) is 4.74 Å². The fraction of sp³-hybridized carbons (Fsp3) is 0.600. The molecule has 1 aromatic rings.